The van der Waals surface area contributed by atoms with Crippen LogP contribution in [0.15, 0.2) is 24.3 Å². The van der Waals surface area contributed by atoms with Crippen LogP contribution in [0.3, 0.4) is 0 Å². The van der Waals surface area contributed by atoms with Gasteiger partial charge in [-0.15, -0.1) is 0 Å². The molecule has 0 aliphatic carbocycles. The minimum Gasteiger partial charge on any atom is -0.352 e. The molecule has 3 rings (SSSR count). The molecule has 22 heavy (non-hydrogen) atoms. The SMILES string of the molecule is Cc1nn(-c2ccc(C(=O)NCC3CNC3)cc2)c(C)c1Cl. The molecule has 2 heterocycles. The van der Waals surface area contributed by atoms with E-state index < -0.39 is 0 Å². The Balaban J connectivity index is 1.71. The summed E-state index contributed by atoms with van der Waals surface area (Å²) in [5.41, 5.74) is 3.25. The number of aryl methyl sites for hydroxylation is 1. The zero-order chi connectivity index (χ0) is 15.7. The first-order valence-electron chi connectivity index (χ1n) is 7.37. The van der Waals surface area contributed by atoms with Gasteiger partial charge in [0.05, 0.1) is 22.1 Å². The number of rotatable bonds is 4. The van der Waals surface area contributed by atoms with Gasteiger partial charge in [0.1, 0.15) is 0 Å². The van der Waals surface area contributed by atoms with Gasteiger partial charge in [-0.2, -0.15) is 5.10 Å². The van der Waals surface area contributed by atoms with Crippen LogP contribution in [0.5, 0.6) is 0 Å². The van der Waals surface area contributed by atoms with Gasteiger partial charge < -0.3 is 10.6 Å². The Morgan fingerprint density at radius 3 is 2.55 bits per heavy atom. The van der Waals surface area contributed by atoms with Gasteiger partial charge in [0, 0.05) is 31.1 Å². The molecule has 0 atom stereocenters. The van der Waals surface area contributed by atoms with Crippen molar-refractivity contribution in [2.75, 3.05) is 19.6 Å². The zero-order valence-corrected chi connectivity index (χ0v) is 13.4. The van der Waals surface area contributed by atoms with Crippen LogP contribution in [-0.4, -0.2) is 35.3 Å². The minimum atomic E-state index is -0.0372. The van der Waals surface area contributed by atoms with E-state index in [0.717, 1.165) is 36.7 Å². The van der Waals surface area contributed by atoms with Crippen molar-refractivity contribution in [2.24, 2.45) is 5.92 Å². The van der Waals surface area contributed by atoms with Crippen molar-refractivity contribution in [3.05, 3.63) is 46.2 Å². The maximum Gasteiger partial charge on any atom is 0.251 e. The summed E-state index contributed by atoms with van der Waals surface area (Å²) in [6, 6.07) is 7.40. The summed E-state index contributed by atoms with van der Waals surface area (Å²) < 4.78 is 1.79. The Kier molecular flexibility index (Phi) is 4.18. The number of hydrogen-bond acceptors (Lipinski definition) is 3. The van der Waals surface area contributed by atoms with E-state index in [-0.39, 0.29) is 5.91 Å². The van der Waals surface area contributed by atoms with Gasteiger partial charge in [-0.1, -0.05) is 11.6 Å². The molecule has 1 fully saturated rings. The Hall–Kier alpha value is -1.85. The molecule has 1 aromatic carbocycles. The highest BCUT2D eigenvalue weighted by Gasteiger charge is 2.17. The fraction of sp³-hybridized carbons (Fsp3) is 0.375. The lowest BCUT2D eigenvalue weighted by molar-refractivity contribution is 0.0942. The van der Waals surface area contributed by atoms with Crippen LogP contribution < -0.4 is 10.6 Å². The van der Waals surface area contributed by atoms with Gasteiger partial charge in [-0.3, -0.25) is 4.79 Å². The van der Waals surface area contributed by atoms with Crippen LogP contribution in [0.4, 0.5) is 0 Å². The van der Waals surface area contributed by atoms with E-state index in [1.54, 1.807) is 4.68 Å². The number of nitrogens with one attached hydrogen (secondary N) is 2. The van der Waals surface area contributed by atoms with Crippen molar-refractivity contribution >= 4 is 17.5 Å². The largest absolute Gasteiger partial charge is 0.352 e. The molecule has 0 spiro atoms. The Morgan fingerprint density at radius 1 is 1.36 bits per heavy atom. The quantitative estimate of drug-likeness (QED) is 0.907. The summed E-state index contributed by atoms with van der Waals surface area (Å²) in [6.07, 6.45) is 0. The lowest BCUT2D eigenvalue weighted by Gasteiger charge is -2.27. The van der Waals surface area contributed by atoms with Crippen LogP contribution in [0.25, 0.3) is 5.69 Å². The second-order valence-corrected chi connectivity index (χ2v) is 6.06. The molecule has 1 aliphatic heterocycles. The van der Waals surface area contributed by atoms with Gasteiger partial charge in [-0.05, 0) is 38.1 Å². The molecular weight excluding hydrogens is 300 g/mol. The third-order valence-electron chi connectivity index (χ3n) is 3.99. The molecule has 0 saturated carbocycles. The molecular formula is C16H19ClN4O. The average molecular weight is 319 g/mol. The van der Waals surface area contributed by atoms with Crippen molar-refractivity contribution in [1.29, 1.82) is 0 Å². The molecule has 1 saturated heterocycles. The molecule has 0 bridgehead atoms. The Morgan fingerprint density at radius 2 is 2.05 bits per heavy atom. The molecule has 2 aromatic rings. The molecule has 1 aliphatic rings. The van der Waals surface area contributed by atoms with Crippen LogP contribution in [0.2, 0.25) is 5.02 Å². The van der Waals surface area contributed by atoms with E-state index in [4.69, 9.17) is 11.6 Å². The van der Waals surface area contributed by atoms with Crippen molar-refractivity contribution in [3.63, 3.8) is 0 Å². The average Bonchev–Trinajstić information content (AvgIpc) is 2.73. The number of aromatic nitrogens is 2. The summed E-state index contributed by atoms with van der Waals surface area (Å²) in [7, 11) is 0. The van der Waals surface area contributed by atoms with E-state index in [0.29, 0.717) is 16.5 Å². The summed E-state index contributed by atoms with van der Waals surface area (Å²) in [4.78, 5) is 12.1. The number of nitrogens with zero attached hydrogens (tertiary/aromatic N) is 2. The number of benzene rings is 1. The second-order valence-electron chi connectivity index (χ2n) is 5.68. The van der Waals surface area contributed by atoms with Gasteiger partial charge in [0.15, 0.2) is 0 Å². The maximum atomic E-state index is 12.1. The van der Waals surface area contributed by atoms with Gasteiger partial charge in [-0.25, -0.2) is 4.68 Å². The van der Waals surface area contributed by atoms with Crippen molar-refractivity contribution in [2.45, 2.75) is 13.8 Å². The highest BCUT2D eigenvalue weighted by atomic mass is 35.5. The molecule has 116 valence electrons. The Bertz CT molecular complexity index is 689. The number of halogens is 1. The fourth-order valence-corrected chi connectivity index (χ4v) is 2.58. The molecule has 1 amide bonds. The standard InChI is InChI=1S/C16H19ClN4O/c1-10-15(17)11(2)21(20-10)14-5-3-13(4-6-14)16(22)19-9-12-7-18-8-12/h3-6,12,18H,7-9H2,1-2H3,(H,19,22). The van der Waals surface area contributed by atoms with Crippen molar-refractivity contribution in [1.82, 2.24) is 20.4 Å². The minimum absolute atomic E-state index is 0.0372. The highest BCUT2D eigenvalue weighted by molar-refractivity contribution is 6.31. The van der Waals surface area contributed by atoms with Gasteiger partial charge in [0.2, 0.25) is 0 Å². The third-order valence-corrected chi connectivity index (χ3v) is 4.54. The highest BCUT2D eigenvalue weighted by Crippen LogP contribution is 2.22. The Labute approximate surface area is 134 Å². The van der Waals surface area contributed by atoms with Crippen molar-refractivity contribution < 1.29 is 4.79 Å². The third kappa shape index (κ3) is 2.87. The van der Waals surface area contributed by atoms with Crippen LogP contribution in [0, 0.1) is 19.8 Å². The smallest absolute Gasteiger partial charge is 0.251 e. The number of hydrogen-bond donors (Lipinski definition) is 2. The summed E-state index contributed by atoms with van der Waals surface area (Å²) in [6.45, 7) is 6.50. The maximum absolute atomic E-state index is 12.1. The van der Waals surface area contributed by atoms with E-state index >= 15 is 0 Å². The zero-order valence-electron chi connectivity index (χ0n) is 12.7. The topological polar surface area (TPSA) is 59.0 Å². The number of carbonyl (C=O) groups is 1. The van der Waals surface area contributed by atoms with Crippen LogP contribution >= 0.6 is 11.6 Å². The summed E-state index contributed by atoms with van der Waals surface area (Å²) in [5.74, 6) is 0.518. The van der Waals surface area contributed by atoms with Crippen LogP contribution in [0.1, 0.15) is 21.7 Å². The lowest BCUT2D eigenvalue weighted by Crippen LogP contribution is -2.48. The first-order chi connectivity index (χ1) is 10.6. The molecule has 5 nitrogen and oxygen atoms in total. The normalized spacial score (nSPS) is 14.7. The first-order valence-corrected chi connectivity index (χ1v) is 7.75. The lowest BCUT2D eigenvalue weighted by atomic mass is 10.0. The first kappa shape index (κ1) is 15.1. The molecule has 1 aromatic heterocycles. The fourth-order valence-electron chi connectivity index (χ4n) is 2.46. The van der Waals surface area contributed by atoms with E-state index in [1.807, 2.05) is 38.1 Å². The number of amides is 1. The van der Waals surface area contributed by atoms with Gasteiger partial charge in [0.25, 0.3) is 5.91 Å². The van der Waals surface area contributed by atoms with Crippen molar-refractivity contribution in [3.8, 4) is 5.69 Å². The van der Waals surface area contributed by atoms with Gasteiger partial charge >= 0.3 is 0 Å². The predicted octanol–water partition coefficient (Wildman–Crippen LogP) is 2.09. The van der Waals surface area contributed by atoms with E-state index in [1.165, 1.54) is 0 Å². The summed E-state index contributed by atoms with van der Waals surface area (Å²) >= 11 is 6.17. The monoisotopic (exact) mass is 318 g/mol. The molecule has 6 heteroatoms. The predicted molar refractivity (Wildman–Crippen MR) is 86.7 cm³/mol. The molecule has 0 radical (unpaired) electrons. The molecule has 0 unspecified atom stereocenters. The van der Waals surface area contributed by atoms with E-state index in [9.17, 15) is 4.79 Å². The van der Waals surface area contributed by atoms with Crippen LogP contribution in [-0.2, 0) is 0 Å². The molecule has 2 N–H and O–H groups in total. The van der Waals surface area contributed by atoms with E-state index in [2.05, 4.69) is 15.7 Å². The second kappa shape index (κ2) is 6.10. The summed E-state index contributed by atoms with van der Waals surface area (Å²) in [5, 5.41) is 11.2. The number of carbonyl (C=O) groups excluding carboxylic acids is 1.